The fraction of sp³-hybridized carbons (Fsp3) is 0.235. The summed E-state index contributed by atoms with van der Waals surface area (Å²) in [7, 11) is 1.12. The van der Waals surface area contributed by atoms with Gasteiger partial charge in [-0.15, -0.1) is 0 Å². The molecule has 1 heterocycles. The highest BCUT2D eigenvalue weighted by Gasteiger charge is 2.33. The first-order valence-corrected chi connectivity index (χ1v) is 8.06. The van der Waals surface area contributed by atoms with E-state index in [1.807, 2.05) is 0 Å². The number of nitro benzene ring substituents is 1. The highest BCUT2D eigenvalue weighted by Crippen LogP contribution is 2.34. The lowest BCUT2D eigenvalue weighted by molar-refractivity contribution is -0.385. The summed E-state index contributed by atoms with van der Waals surface area (Å²) in [4.78, 5) is 22.0. The summed E-state index contributed by atoms with van der Waals surface area (Å²) in [5.41, 5.74) is 0.891. The maximum Gasteiger partial charge on any atom is 0.272 e. The van der Waals surface area contributed by atoms with E-state index in [1.54, 1.807) is 13.0 Å². The largest absolute Gasteiger partial charge is 0.491 e. The Morgan fingerprint density at radius 1 is 1.29 bits per heavy atom. The first-order chi connectivity index (χ1) is 13.4. The van der Waals surface area contributed by atoms with Gasteiger partial charge in [0.15, 0.2) is 29.8 Å². The highest BCUT2D eigenvalue weighted by molar-refractivity contribution is 5.67. The van der Waals surface area contributed by atoms with Crippen molar-refractivity contribution < 1.29 is 23.2 Å². The summed E-state index contributed by atoms with van der Waals surface area (Å²) in [5.74, 6) is -2.50. The predicted octanol–water partition coefficient (Wildman–Crippen LogP) is 3.32. The third kappa shape index (κ3) is 3.33. The zero-order valence-electron chi connectivity index (χ0n) is 14.9. The van der Waals surface area contributed by atoms with Crippen LogP contribution in [0.3, 0.4) is 0 Å². The first-order valence-electron chi connectivity index (χ1n) is 8.06. The smallest absolute Gasteiger partial charge is 0.272 e. The zero-order chi connectivity index (χ0) is 20.4. The van der Waals surface area contributed by atoms with Crippen LogP contribution in [0.1, 0.15) is 11.1 Å². The molecule has 1 aliphatic rings. The number of aldehydes is 1. The van der Waals surface area contributed by atoms with Crippen molar-refractivity contribution in [3.63, 3.8) is 0 Å². The molecule has 2 aromatic rings. The van der Waals surface area contributed by atoms with Crippen LogP contribution in [-0.4, -0.2) is 29.5 Å². The summed E-state index contributed by atoms with van der Waals surface area (Å²) in [6.07, 6.45) is -0.576. The third-order valence-corrected chi connectivity index (χ3v) is 4.21. The topological polar surface area (TPSA) is 101 Å². The van der Waals surface area contributed by atoms with Gasteiger partial charge >= 0.3 is 0 Å². The molecule has 0 aromatic heterocycles. The van der Waals surface area contributed by atoms with Crippen LogP contribution in [0, 0.1) is 28.7 Å². The molecule has 1 unspecified atom stereocenters. The van der Waals surface area contributed by atoms with Gasteiger partial charge in [-0.3, -0.25) is 14.9 Å². The number of nitro groups is 1. The van der Waals surface area contributed by atoms with E-state index in [0.717, 1.165) is 24.3 Å². The summed E-state index contributed by atoms with van der Waals surface area (Å²) in [5, 5.41) is 20.9. The fourth-order valence-electron chi connectivity index (χ4n) is 2.86. The molecule has 2 aromatic carbocycles. The minimum Gasteiger partial charge on any atom is -0.491 e. The van der Waals surface area contributed by atoms with E-state index in [1.165, 1.54) is 17.1 Å². The lowest BCUT2D eigenvalue weighted by Gasteiger charge is -2.24. The molecule has 0 N–H and O–H groups in total. The Morgan fingerprint density at radius 2 is 2.04 bits per heavy atom. The van der Waals surface area contributed by atoms with E-state index in [-0.39, 0.29) is 17.9 Å². The number of hydrogen-bond acceptors (Lipinski definition) is 8. The van der Waals surface area contributed by atoms with Gasteiger partial charge in [0.2, 0.25) is 0 Å². The van der Waals surface area contributed by atoms with Crippen LogP contribution in [0.4, 0.5) is 20.2 Å². The Hall–Kier alpha value is -3.63. The standard InChI is InChI=1S/C17H15F2N5O4/c1-10-7-11(3-5-13(10)24(26)27)8-22-15(9-25)23(21-20-22)14-6-4-12(18)17(28-2)16(14)19/h3-7,9,15H,8H2,1-2H3. The number of carbonyl (C=O) groups excluding carboxylic acids is 1. The summed E-state index contributed by atoms with van der Waals surface area (Å²) in [6, 6.07) is 6.61. The average molecular weight is 391 g/mol. The number of carbonyl (C=O) groups is 1. The van der Waals surface area contributed by atoms with Crippen molar-refractivity contribution >= 4 is 17.7 Å². The molecule has 0 fully saturated rings. The van der Waals surface area contributed by atoms with Crippen LogP contribution in [0.2, 0.25) is 0 Å². The molecule has 0 radical (unpaired) electrons. The molecule has 1 aliphatic heterocycles. The van der Waals surface area contributed by atoms with Crippen molar-refractivity contribution in [3.8, 4) is 5.75 Å². The number of benzene rings is 2. The predicted molar refractivity (Wildman–Crippen MR) is 93.5 cm³/mol. The lowest BCUT2D eigenvalue weighted by atomic mass is 10.1. The van der Waals surface area contributed by atoms with Gasteiger partial charge in [0, 0.05) is 11.6 Å². The number of aryl methyl sites for hydroxylation is 1. The zero-order valence-corrected chi connectivity index (χ0v) is 14.9. The molecule has 0 bridgehead atoms. The molecule has 146 valence electrons. The molecule has 0 aliphatic carbocycles. The Bertz CT molecular complexity index is 969. The monoisotopic (exact) mass is 391 g/mol. The minimum absolute atomic E-state index is 0.0270. The molecule has 0 amide bonds. The maximum atomic E-state index is 14.5. The van der Waals surface area contributed by atoms with Gasteiger partial charge in [-0.25, -0.2) is 18.8 Å². The van der Waals surface area contributed by atoms with Crippen LogP contribution < -0.4 is 9.75 Å². The van der Waals surface area contributed by atoms with E-state index >= 15 is 0 Å². The van der Waals surface area contributed by atoms with Gasteiger partial charge < -0.3 is 4.74 Å². The van der Waals surface area contributed by atoms with Crippen LogP contribution >= 0.6 is 0 Å². The average Bonchev–Trinajstić information content (AvgIpc) is 3.04. The van der Waals surface area contributed by atoms with Gasteiger partial charge in [0.1, 0.15) is 5.69 Å². The van der Waals surface area contributed by atoms with Gasteiger partial charge in [-0.05, 0) is 35.9 Å². The third-order valence-electron chi connectivity index (χ3n) is 4.21. The van der Waals surface area contributed by atoms with Gasteiger partial charge in [0.05, 0.1) is 18.6 Å². The minimum atomic E-state index is -1.08. The summed E-state index contributed by atoms with van der Waals surface area (Å²) in [6.45, 7) is 1.69. The molecule has 28 heavy (non-hydrogen) atoms. The van der Waals surface area contributed by atoms with E-state index in [2.05, 4.69) is 10.4 Å². The van der Waals surface area contributed by atoms with E-state index in [0.29, 0.717) is 17.4 Å². The quantitative estimate of drug-likeness (QED) is 0.425. The molecule has 11 heteroatoms. The number of halogens is 2. The van der Waals surface area contributed by atoms with Crippen molar-refractivity contribution in [2.75, 3.05) is 12.1 Å². The second-order valence-corrected chi connectivity index (χ2v) is 5.96. The van der Waals surface area contributed by atoms with Crippen LogP contribution in [0.25, 0.3) is 0 Å². The van der Waals surface area contributed by atoms with E-state index in [9.17, 15) is 23.7 Å². The number of methoxy groups -OCH3 is 1. The normalized spacial score (nSPS) is 15.8. The molecule has 0 spiro atoms. The first kappa shape index (κ1) is 19.1. The van der Waals surface area contributed by atoms with Crippen molar-refractivity contribution in [1.29, 1.82) is 0 Å². The number of nitrogens with zero attached hydrogens (tertiary/aromatic N) is 5. The molecule has 0 saturated heterocycles. The molecule has 0 saturated carbocycles. The van der Waals surface area contributed by atoms with Gasteiger partial charge in [0.25, 0.3) is 5.69 Å². The van der Waals surface area contributed by atoms with Gasteiger partial charge in [-0.1, -0.05) is 11.3 Å². The summed E-state index contributed by atoms with van der Waals surface area (Å²) >= 11 is 0. The van der Waals surface area contributed by atoms with Crippen molar-refractivity contribution in [2.24, 2.45) is 10.4 Å². The Balaban J connectivity index is 1.86. The van der Waals surface area contributed by atoms with E-state index < -0.39 is 28.5 Å². The Labute approximate surface area is 157 Å². The van der Waals surface area contributed by atoms with Crippen molar-refractivity contribution in [1.82, 2.24) is 5.01 Å². The molecule has 1 atom stereocenters. The Morgan fingerprint density at radius 3 is 2.64 bits per heavy atom. The molecule has 3 rings (SSSR count). The number of hydrogen-bond donors (Lipinski definition) is 0. The fourth-order valence-corrected chi connectivity index (χ4v) is 2.86. The van der Waals surface area contributed by atoms with E-state index in [4.69, 9.17) is 4.74 Å². The SMILES string of the molecule is COc1c(F)ccc(N2N=NN(Cc3ccc([N+](=O)[O-])c(C)c3)C2C=O)c1F. The number of ether oxygens (including phenoxy) is 1. The lowest BCUT2D eigenvalue weighted by Crippen LogP contribution is -2.40. The molecule has 9 nitrogen and oxygen atoms in total. The second kappa shape index (κ2) is 7.55. The Kier molecular flexibility index (Phi) is 5.16. The maximum absolute atomic E-state index is 14.5. The highest BCUT2D eigenvalue weighted by atomic mass is 19.1. The van der Waals surface area contributed by atoms with Crippen molar-refractivity contribution in [3.05, 3.63) is 63.2 Å². The summed E-state index contributed by atoms with van der Waals surface area (Å²) < 4.78 is 32.8. The second-order valence-electron chi connectivity index (χ2n) is 5.96. The van der Waals surface area contributed by atoms with Crippen LogP contribution in [0.5, 0.6) is 5.75 Å². The molecular formula is C17H15F2N5O4. The van der Waals surface area contributed by atoms with Gasteiger partial charge in [-0.2, -0.15) is 0 Å². The van der Waals surface area contributed by atoms with Crippen LogP contribution in [0.15, 0.2) is 40.8 Å². The number of rotatable bonds is 6. The number of anilines is 1. The van der Waals surface area contributed by atoms with Crippen molar-refractivity contribution in [2.45, 2.75) is 19.6 Å². The van der Waals surface area contributed by atoms with Crippen LogP contribution in [-0.2, 0) is 11.3 Å². The molecular weight excluding hydrogens is 376 g/mol.